The Morgan fingerprint density at radius 3 is 2.95 bits per heavy atom. The Balaban J connectivity index is 2.15. The second kappa shape index (κ2) is 6.04. The highest BCUT2D eigenvalue weighted by Gasteiger charge is 2.25. The van der Waals surface area contributed by atoms with E-state index in [-0.39, 0.29) is 11.5 Å². The Kier molecular flexibility index (Phi) is 4.40. The molecule has 1 fully saturated rings. The molecule has 19 heavy (non-hydrogen) atoms. The number of halogens is 1. The Morgan fingerprint density at radius 1 is 1.53 bits per heavy atom. The van der Waals surface area contributed by atoms with Crippen LogP contribution in [0.25, 0.3) is 0 Å². The molecule has 4 heteroatoms. The first-order valence-corrected chi connectivity index (χ1v) is 6.78. The lowest BCUT2D eigenvalue weighted by Crippen LogP contribution is -2.40. The first-order valence-electron chi connectivity index (χ1n) is 6.78. The molecular formula is C15H20FNO2. The minimum absolute atomic E-state index is 0.137. The second-order valence-electron chi connectivity index (χ2n) is 5.01. The fourth-order valence-electron chi connectivity index (χ4n) is 2.55. The maximum absolute atomic E-state index is 13.9. The van der Waals surface area contributed by atoms with Gasteiger partial charge in [-0.1, -0.05) is 13.3 Å². The van der Waals surface area contributed by atoms with E-state index in [1.165, 1.54) is 19.2 Å². The van der Waals surface area contributed by atoms with E-state index in [2.05, 4.69) is 6.92 Å². The Labute approximate surface area is 113 Å². The average molecular weight is 265 g/mol. The molecule has 0 radical (unpaired) electrons. The van der Waals surface area contributed by atoms with Crippen LogP contribution < -0.4 is 4.74 Å². The van der Waals surface area contributed by atoms with Crippen molar-refractivity contribution < 1.29 is 13.9 Å². The number of nitrogens with zero attached hydrogens (tertiary/aromatic N) is 1. The van der Waals surface area contributed by atoms with Crippen molar-refractivity contribution >= 4 is 5.91 Å². The van der Waals surface area contributed by atoms with Crippen LogP contribution >= 0.6 is 0 Å². The third-order valence-corrected chi connectivity index (χ3v) is 3.79. The number of hydrogen-bond acceptors (Lipinski definition) is 2. The van der Waals surface area contributed by atoms with Gasteiger partial charge >= 0.3 is 0 Å². The van der Waals surface area contributed by atoms with E-state index >= 15 is 0 Å². The van der Waals surface area contributed by atoms with Crippen LogP contribution in [0.3, 0.4) is 0 Å². The van der Waals surface area contributed by atoms with Crippen LogP contribution in [0.5, 0.6) is 5.75 Å². The zero-order chi connectivity index (χ0) is 13.8. The highest BCUT2D eigenvalue weighted by Crippen LogP contribution is 2.23. The first-order chi connectivity index (χ1) is 9.15. The van der Waals surface area contributed by atoms with Crippen molar-refractivity contribution in [2.45, 2.75) is 26.2 Å². The molecule has 1 saturated heterocycles. The van der Waals surface area contributed by atoms with Crippen molar-refractivity contribution in [1.29, 1.82) is 0 Å². The van der Waals surface area contributed by atoms with Crippen molar-refractivity contribution in [2.75, 3.05) is 20.2 Å². The molecule has 3 nitrogen and oxygen atoms in total. The number of benzene rings is 1. The predicted octanol–water partition coefficient (Wildman–Crippen LogP) is 3.10. The van der Waals surface area contributed by atoms with Gasteiger partial charge in [0.05, 0.1) is 12.7 Å². The van der Waals surface area contributed by atoms with Gasteiger partial charge < -0.3 is 9.64 Å². The first kappa shape index (κ1) is 13.8. The summed E-state index contributed by atoms with van der Waals surface area (Å²) in [6, 6.07) is 4.39. The SMILES string of the molecule is CCC1CCCN(C(=O)c2ccc(OC)cc2F)C1. The van der Waals surface area contributed by atoms with Gasteiger partial charge in [0.1, 0.15) is 11.6 Å². The summed E-state index contributed by atoms with van der Waals surface area (Å²) < 4.78 is 18.8. The quantitative estimate of drug-likeness (QED) is 0.840. The molecule has 1 atom stereocenters. The molecule has 104 valence electrons. The van der Waals surface area contributed by atoms with Crippen LogP contribution in [-0.2, 0) is 0 Å². The molecule has 1 aliphatic heterocycles. The van der Waals surface area contributed by atoms with Crippen molar-refractivity contribution in [1.82, 2.24) is 4.90 Å². The van der Waals surface area contributed by atoms with Crippen molar-refractivity contribution in [3.63, 3.8) is 0 Å². The Bertz CT molecular complexity index is 461. The smallest absolute Gasteiger partial charge is 0.256 e. The van der Waals surface area contributed by atoms with Crippen LogP contribution in [0.15, 0.2) is 18.2 Å². The summed E-state index contributed by atoms with van der Waals surface area (Å²) in [6.45, 7) is 3.59. The molecule has 0 spiro atoms. The summed E-state index contributed by atoms with van der Waals surface area (Å²) in [6.07, 6.45) is 3.22. The molecule has 1 amide bonds. The molecule has 2 rings (SSSR count). The fourth-order valence-corrected chi connectivity index (χ4v) is 2.55. The Morgan fingerprint density at radius 2 is 2.32 bits per heavy atom. The van der Waals surface area contributed by atoms with Crippen molar-refractivity contribution in [3.05, 3.63) is 29.6 Å². The van der Waals surface area contributed by atoms with Gasteiger partial charge in [0.2, 0.25) is 0 Å². The summed E-state index contributed by atoms with van der Waals surface area (Å²) in [5.41, 5.74) is 0.137. The van der Waals surface area contributed by atoms with Crippen LogP contribution in [0.2, 0.25) is 0 Å². The number of rotatable bonds is 3. The normalized spacial score (nSPS) is 19.3. The topological polar surface area (TPSA) is 29.5 Å². The molecular weight excluding hydrogens is 245 g/mol. The van der Waals surface area contributed by atoms with Crippen LogP contribution in [0, 0.1) is 11.7 Å². The molecule has 0 bridgehead atoms. The van der Waals surface area contributed by atoms with E-state index in [1.54, 1.807) is 11.0 Å². The molecule has 1 aromatic rings. The molecule has 1 aliphatic rings. The van der Waals surface area contributed by atoms with E-state index in [4.69, 9.17) is 4.74 Å². The summed E-state index contributed by atoms with van der Waals surface area (Å²) >= 11 is 0. The van der Waals surface area contributed by atoms with Gasteiger partial charge in [-0.2, -0.15) is 0 Å². The zero-order valence-corrected chi connectivity index (χ0v) is 11.5. The number of piperidine rings is 1. The van der Waals surface area contributed by atoms with Gasteiger partial charge in [-0.05, 0) is 30.9 Å². The highest BCUT2D eigenvalue weighted by atomic mass is 19.1. The van der Waals surface area contributed by atoms with Gasteiger partial charge in [-0.3, -0.25) is 4.79 Å². The third kappa shape index (κ3) is 3.06. The number of methoxy groups -OCH3 is 1. The van der Waals surface area contributed by atoms with E-state index in [0.29, 0.717) is 11.7 Å². The maximum Gasteiger partial charge on any atom is 0.256 e. The molecule has 0 saturated carbocycles. The number of amides is 1. The molecule has 0 N–H and O–H groups in total. The summed E-state index contributed by atoms with van der Waals surface area (Å²) in [5.74, 6) is 0.249. The van der Waals surface area contributed by atoms with Crippen molar-refractivity contribution in [3.8, 4) is 5.75 Å². The van der Waals surface area contributed by atoms with Crippen LogP contribution in [0.1, 0.15) is 36.5 Å². The lowest BCUT2D eigenvalue weighted by atomic mass is 9.95. The highest BCUT2D eigenvalue weighted by molar-refractivity contribution is 5.94. The minimum atomic E-state index is -0.511. The molecule has 1 heterocycles. The second-order valence-corrected chi connectivity index (χ2v) is 5.01. The summed E-state index contributed by atoms with van der Waals surface area (Å²) in [7, 11) is 1.48. The summed E-state index contributed by atoms with van der Waals surface area (Å²) in [5, 5.41) is 0. The molecule has 1 unspecified atom stereocenters. The summed E-state index contributed by atoms with van der Waals surface area (Å²) in [4.78, 5) is 14.1. The minimum Gasteiger partial charge on any atom is -0.497 e. The largest absolute Gasteiger partial charge is 0.497 e. The number of carbonyl (C=O) groups is 1. The maximum atomic E-state index is 13.9. The van der Waals surface area contributed by atoms with Crippen molar-refractivity contribution in [2.24, 2.45) is 5.92 Å². The van der Waals surface area contributed by atoms with Gasteiger partial charge in [-0.25, -0.2) is 4.39 Å². The lowest BCUT2D eigenvalue weighted by molar-refractivity contribution is 0.0666. The molecule has 1 aromatic carbocycles. The number of ether oxygens (including phenoxy) is 1. The average Bonchev–Trinajstić information content (AvgIpc) is 2.46. The molecule has 0 aromatic heterocycles. The van der Waals surface area contributed by atoms with Gasteiger partial charge in [0.15, 0.2) is 0 Å². The van der Waals surface area contributed by atoms with Crippen LogP contribution in [-0.4, -0.2) is 31.0 Å². The predicted molar refractivity (Wildman–Crippen MR) is 71.9 cm³/mol. The zero-order valence-electron chi connectivity index (χ0n) is 11.5. The van der Waals surface area contributed by atoms with Crippen LogP contribution in [0.4, 0.5) is 4.39 Å². The number of carbonyl (C=O) groups excluding carboxylic acids is 1. The van der Waals surface area contributed by atoms with E-state index in [1.807, 2.05) is 0 Å². The fraction of sp³-hybridized carbons (Fsp3) is 0.533. The van der Waals surface area contributed by atoms with E-state index in [9.17, 15) is 9.18 Å². The molecule has 0 aliphatic carbocycles. The van der Waals surface area contributed by atoms with Gasteiger partial charge in [-0.15, -0.1) is 0 Å². The van der Waals surface area contributed by atoms with Gasteiger partial charge in [0.25, 0.3) is 5.91 Å². The monoisotopic (exact) mass is 265 g/mol. The number of hydrogen-bond donors (Lipinski definition) is 0. The number of likely N-dealkylation sites (tertiary alicyclic amines) is 1. The third-order valence-electron chi connectivity index (χ3n) is 3.79. The van der Waals surface area contributed by atoms with E-state index in [0.717, 1.165) is 32.4 Å². The standard InChI is InChI=1S/C15H20FNO2/c1-3-11-5-4-8-17(10-11)15(18)13-7-6-12(19-2)9-14(13)16/h6-7,9,11H,3-5,8,10H2,1-2H3. The van der Waals surface area contributed by atoms with Gasteiger partial charge in [0, 0.05) is 19.2 Å². The van der Waals surface area contributed by atoms with E-state index < -0.39 is 5.82 Å². The Hall–Kier alpha value is -1.58. The lowest BCUT2D eigenvalue weighted by Gasteiger charge is -2.32.